The van der Waals surface area contributed by atoms with Crippen molar-refractivity contribution in [1.82, 2.24) is 24.7 Å². The van der Waals surface area contributed by atoms with E-state index in [1.165, 1.54) is 4.68 Å². The lowest BCUT2D eigenvalue weighted by atomic mass is 10.4. The summed E-state index contributed by atoms with van der Waals surface area (Å²) in [7, 11) is 0. The number of nitrogens with one attached hydrogen (secondary N) is 2. The van der Waals surface area contributed by atoms with Gasteiger partial charge in [0, 0.05) is 23.7 Å². The summed E-state index contributed by atoms with van der Waals surface area (Å²) >= 11 is 0. The van der Waals surface area contributed by atoms with Gasteiger partial charge >= 0.3 is 5.97 Å². The van der Waals surface area contributed by atoms with Gasteiger partial charge in [0.05, 0.1) is 5.69 Å². The lowest BCUT2D eigenvalue weighted by Gasteiger charge is -2.09. The number of hydrogen-bond acceptors (Lipinski definition) is 6. The number of amides is 1. The van der Waals surface area contributed by atoms with Gasteiger partial charge in [-0.15, -0.1) is 0 Å². The molecule has 1 amide bonds. The van der Waals surface area contributed by atoms with Gasteiger partial charge in [-0.1, -0.05) is 0 Å². The summed E-state index contributed by atoms with van der Waals surface area (Å²) in [5.41, 5.74) is 2.55. The van der Waals surface area contributed by atoms with Crippen LogP contribution in [0.25, 0.3) is 5.95 Å². The first-order valence-electron chi connectivity index (χ1n) is 7.92. The van der Waals surface area contributed by atoms with E-state index >= 15 is 0 Å². The lowest BCUT2D eigenvalue weighted by molar-refractivity contribution is -0.119. The van der Waals surface area contributed by atoms with Crippen LogP contribution in [-0.2, 0) is 9.53 Å². The predicted molar refractivity (Wildman–Crippen MR) is 93.1 cm³/mol. The van der Waals surface area contributed by atoms with Crippen molar-refractivity contribution in [3.63, 3.8) is 0 Å². The highest BCUT2D eigenvalue weighted by Gasteiger charge is 2.15. The Balaban J connectivity index is 1.72. The van der Waals surface area contributed by atoms with Crippen LogP contribution < -0.4 is 5.32 Å². The van der Waals surface area contributed by atoms with E-state index in [1.54, 1.807) is 31.3 Å². The van der Waals surface area contributed by atoms with Crippen LogP contribution in [0.3, 0.4) is 0 Å². The normalized spacial score (nSPS) is 10.6. The van der Waals surface area contributed by atoms with Gasteiger partial charge in [-0.05, 0) is 39.0 Å². The third-order valence-corrected chi connectivity index (χ3v) is 3.41. The zero-order valence-electron chi connectivity index (χ0n) is 14.6. The Labute approximate surface area is 149 Å². The summed E-state index contributed by atoms with van der Waals surface area (Å²) in [6.07, 6.45) is 1.60. The van der Waals surface area contributed by atoms with Crippen molar-refractivity contribution in [2.24, 2.45) is 0 Å². The summed E-state index contributed by atoms with van der Waals surface area (Å²) < 4.78 is 6.41. The molecule has 0 fully saturated rings. The molecule has 0 aliphatic rings. The molecule has 134 valence electrons. The van der Waals surface area contributed by atoms with Crippen molar-refractivity contribution >= 4 is 17.7 Å². The molecule has 0 saturated carbocycles. The maximum atomic E-state index is 12.1. The van der Waals surface area contributed by atoms with E-state index in [2.05, 4.69) is 25.4 Å². The van der Waals surface area contributed by atoms with Crippen LogP contribution in [0.4, 0.5) is 5.82 Å². The second-order valence-corrected chi connectivity index (χ2v) is 5.74. The number of esters is 1. The van der Waals surface area contributed by atoms with Crippen LogP contribution in [0.2, 0.25) is 0 Å². The number of anilines is 1. The third-order valence-electron chi connectivity index (χ3n) is 3.41. The number of rotatable bonds is 5. The van der Waals surface area contributed by atoms with Crippen molar-refractivity contribution in [2.75, 3.05) is 11.9 Å². The van der Waals surface area contributed by atoms with Gasteiger partial charge in [0.1, 0.15) is 11.5 Å². The Morgan fingerprint density at radius 1 is 1.15 bits per heavy atom. The van der Waals surface area contributed by atoms with E-state index in [0.717, 1.165) is 11.4 Å². The molecule has 0 aliphatic heterocycles. The third kappa shape index (κ3) is 3.94. The number of ether oxygens (including phenoxy) is 1. The van der Waals surface area contributed by atoms with Crippen LogP contribution in [-0.4, -0.2) is 43.2 Å². The fourth-order valence-corrected chi connectivity index (χ4v) is 2.39. The second kappa shape index (κ2) is 7.18. The van der Waals surface area contributed by atoms with Crippen molar-refractivity contribution < 1.29 is 14.3 Å². The van der Waals surface area contributed by atoms with Crippen molar-refractivity contribution in [3.05, 3.63) is 53.2 Å². The minimum absolute atomic E-state index is 0.280. The van der Waals surface area contributed by atoms with E-state index in [1.807, 2.05) is 19.9 Å². The number of aryl methyl sites for hydroxylation is 3. The van der Waals surface area contributed by atoms with Gasteiger partial charge < -0.3 is 15.0 Å². The summed E-state index contributed by atoms with van der Waals surface area (Å²) in [6.45, 7) is 5.08. The molecule has 0 bridgehead atoms. The zero-order chi connectivity index (χ0) is 18.7. The number of hydrogen-bond donors (Lipinski definition) is 2. The zero-order valence-corrected chi connectivity index (χ0v) is 14.6. The van der Waals surface area contributed by atoms with Gasteiger partial charge in [0.2, 0.25) is 0 Å². The highest BCUT2D eigenvalue weighted by Crippen LogP contribution is 2.15. The molecular formula is C17H18N6O3. The molecule has 0 aromatic carbocycles. The van der Waals surface area contributed by atoms with Gasteiger partial charge in [0.25, 0.3) is 11.9 Å². The van der Waals surface area contributed by atoms with E-state index in [-0.39, 0.29) is 5.69 Å². The highest BCUT2D eigenvalue weighted by molar-refractivity contribution is 5.94. The first-order chi connectivity index (χ1) is 12.4. The van der Waals surface area contributed by atoms with Crippen LogP contribution in [0.5, 0.6) is 0 Å². The molecule has 9 nitrogen and oxygen atoms in total. The lowest BCUT2D eigenvalue weighted by Crippen LogP contribution is -2.23. The largest absolute Gasteiger partial charge is 0.451 e. The maximum Gasteiger partial charge on any atom is 0.355 e. The first kappa shape index (κ1) is 17.3. The quantitative estimate of drug-likeness (QED) is 0.674. The van der Waals surface area contributed by atoms with Crippen LogP contribution in [0.1, 0.15) is 27.6 Å². The molecule has 26 heavy (non-hydrogen) atoms. The summed E-state index contributed by atoms with van der Waals surface area (Å²) in [5, 5.41) is 6.98. The predicted octanol–water partition coefficient (Wildman–Crippen LogP) is 1.71. The van der Waals surface area contributed by atoms with Crippen molar-refractivity contribution in [3.8, 4) is 5.95 Å². The minimum atomic E-state index is -0.604. The Morgan fingerprint density at radius 2 is 1.88 bits per heavy atom. The van der Waals surface area contributed by atoms with Crippen LogP contribution in [0, 0.1) is 20.8 Å². The van der Waals surface area contributed by atoms with E-state index < -0.39 is 18.5 Å². The topological polar surface area (TPSA) is 115 Å². The van der Waals surface area contributed by atoms with Crippen molar-refractivity contribution in [1.29, 1.82) is 0 Å². The molecule has 3 heterocycles. The number of carbonyl (C=O) groups excluding carboxylic acids is 2. The molecule has 0 saturated heterocycles. The molecule has 0 aliphatic carbocycles. The molecular weight excluding hydrogens is 336 g/mol. The number of aromatic amines is 1. The molecule has 9 heteroatoms. The summed E-state index contributed by atoms with van der Waals surface area (Å²) in [6, 6.07) is 6.77. The molecule has 3 rings (SSSR count). The van der Waals surface area contributed by atoms with Gasteiger partial charge in [-0.3, -0.25) is 4.79 Å². The number of carbonyl (C=O) groups is 2. The Bertz CT molecular complexity index is 925. The molecule has 0 unspecified atom stereocenters. The standard InChI is InChI=1S/C17H18N6O3/c1-10-7-11(2)20-17(19-10)23-14(8-12(3)22-23)21-15(24)9-26-16(25)13-5-4-6-18-13/h4-8,18H,9H2,1-3H3,(H,21,24). The minimum Gasteiger partial charge on any atom is -0.451 e. The smallest absolute Gasteiger partial charge is 0.355 e. The highest BCUT2D eigenvalue weighted by atomic mass is 16.5. The van der Waals surface area contributed by atoms with Crippen molar-refractivity contribution in [2.45, 2.75) is 20.8 Å². The first-order valence-corrected chi connectivity index (χ1v) is 7.92. The van der Waals surface area contributed by atoms with E-state index in [9.17, 15) is 9.59 Å². The Morgan fingerprint density at radius 3 is 2.54 bits per heavy atom. The SMILES string of the molecule is Cc1cc(C)nc(-n2nc(C)cc2NC(=O)COC(=O)c2ccc[nH]2)n1. The molecule has 3 aromatic rings. The molecule has 3 aromatic heterocycles. The summed E-state index contributed by atoms with van der Waals surface area (Å²) in [5.74, 6) is -0.342. The molecule has 0 radical (unpaired) electrons. The number of H-pyrrole nitrogens is 1. The van der Waals surface area contributed by atoms with Gasteiger partial charge in [-0.2, -0.15) is 9.78 Å². The van der Waals surface area contributed by atoms with E-state index in [4.69, 9.17) is 4.74 Å². The fourth-order valence-electron chi connectivity index (χ4n) is 2.39. The maximum absolute atomic E-state index is 12.1. The monoisotopic (exact) mass is 354 g/mol. The van der Waals surface area contributed by atoms with Gasteiger partial charge in [0.15, 0.2) is 6.61 Å². The van der Waals surface area contributed by atoms with Gasteiger partial charge in [-0.25, -0.2) is 14.8 Å². The number of aromatic nitrogens is 5. The average Bonchev–Trinajstić information content (AvgIpc) is 3.21. The van der Waals surface area contributed by atoms with Crippen LogP contribution >= 0.6 is 0 Å². The second-order valence-electron chi connectivity index (χ2n) is 5.74. The summed E-state index contributed by atoms with van der Waals surface area (Å²) in [4.78, 5) is 35.3. The Hall–Kier alpha value is -3.49. The molecule has 2 N–H and O–H groups in total. The van der Waals surface area contributed by atoms with E-state index in [0.29, 0.717) is 17.5 Å². The number of nitrogens with zero attached hydrogens (tertiary/aromatic N) is 4. The molecule has 0 atom stereocenters. The fraction of sp³-hybridized carbons (Fsp3) is 0.235. The van der Waals surface area contributed by atoms with Crippen LogP contribution in [0.15, 0.2) is 30.5 Å². The molecule has 0 spiro atoms. The average molecular weight is 354 g/mol. The Kier molecular flexibility index (Phi) is 4.78.